The van der Waals surface area contributed by atoms with Gasteiger partial charge >= 0.3 is 6.61 Å². The molecule has 0 aliphatic rings. The summed E-state index contributed by atoms with van der Waals surface area (Å²) in [5, 5.41) is 6.29. The number of carbonyl (C=O) groups excluding carboxylic acids is 1. The van der Waals surface area contributed by atoms with Crippen LogP contribution in [0.3, 0.4) is 0 Å². The van der Waals surface area contributed by atoms with E-state index in [4.69, 9.17) is 14.3 Å². The fraction of sp³-hybridized carbons (Fsp3) is 0.222. The fourth-order valence-corrected chi connectivity index (χ4v) is 2.03. The molecule has 2 aromatic carbocycles. The van der Waals surface area contributed by atoms with Crippen LogP contribution in [0.5, 0.6) is 17.2 Å². The summed E-state index contributed by atoms with van der Waals surface area (Å²) < 4.78 is 38.6. The molecule has 0 aliphatic carbocycles. The van der Waals surface area contributed by atoms with Crippen molar-refractivity contribution in [2.45, 2.75) is 6.61 Å². The second-order valence-corrected chi connectivity index (χ2v) is 5.07. The van der Waals surface area contributed by atoms with E-state index in [1.165, 1.54) is 44.7 Å². The van der Waals surface area contributed by atoms with Gasteiger partial charge in [0.05, 0.1) is 26.1 Å². The van der Waals surface area contributed by atoms with Crippen molar-refractivity contribution >= 4 is 17.8 Å². The molecule has 0 fully saturated rings. The number of halogens is 2. The van der Waals surface area contributed by atoms with Gasteiger partial charge in [-0.05, 0) is 42.0 Å². The van der Waals surface area contributed by atoms with E-state index in [1.54, 1.807) is 18.2 Å². The number of ether oxygens (including phenoxy) is 3. The monoisotopic (exact) mass is 380 g/mol. The number of methoxy groups -OCH3 is 2. The zero-order valence-corrected chi connectivity index (χ0v) is 14.6. The third kappa shape index (κ3) is 6.46. The molecule has 9 heteroatoms. The van der Waals surface area contributed by atoms with E-state index in [-0.39, 0.29) is 12.4 Å². The highest BCUT2D eigenvalue weighted by molar-refractivity contribution is 5.93. The van der Waals surface area contributed by atoms with Crippen LogP contribution in [-0.2, 0) is 9.63 Å². The maximum absolute atomic E-state index is 12.1. The van der Waals surface area contributed by atoms with Crippen LogP contribution in [0.15, 0.2) is 47.6 Å². The van der Waals surface area contributed by atoms with Gasteiger partial charge in [0.2, 0.25) is 0 Å². The molecule has 2 aromatic rings. The van der Waals surface area contributed by atoms with Crippen LogP contribution < -0.4 is 19.5 Å². The smallest absolute Gasteiger partial charge is 0.387 e. The number of rotatable bonds is 9. The molecule has 0 atom stereocenters. The summed E-state index contributed by atoms with van der Waals surface area (Å²) >= 11 is 0. The maximum atomic E-state index is 12.1. The number of amides is 1. The Labute approximate surface area is 154 Å². The summed E-state index contributed by atoms with van der Waals surface area (Å²) in [6.45, 7) is -3.21. The minimum absolute atomic E-state index is 0.0367. The van der Waals surface area contributed by atoms with Gasteiger partial charge in [-0.25, -0.2) is 0 Å². The van der Waals surface area contributed by atoms with Gasteiger partial charge < -0.3 is 24.4 Å². The number of nitrogens with zero attached hydrogens (tertiary/aromatic N) is 1. The van der Waals surface area contributed by atoms with Crippen molar-refractivity contribution < 1.29 is 32.6 Å². The lowest BCUT2D eigenvalue weighted by molar-refractivity contribution is -0.120. The number of benzene rings is 2. The summed E-state index contributed by atoms with van der Waals surface area (Å²) in [6.07, 6.45) is 1.34. The van der Waals surface area contributed by atoms with Crippen LogP contribution in [0.4, 0.5) is 14.5 Å². The van der Waals surface area contributed by atoms with Crippen molar-refractivity contribution in [1.29, 1.82) is 0 Å². The molecule has 0 aliphatic heterocycles. The van der Waals surface area contributed by atoms with Crippen molar-refractivity contribution in [1.82, 2.24) is 0 Å². The second kappa shape index (κ2) is 9.95. The minimum atomic E-state index is -2.88. The quantitative estimate of drug-likeness (QED) is 0.534. The van der Waals surface area contributed by atoms with Crippen molar-refractivity contribution in [3.05, 3.63) is 48.0 Å². The highest BCUT2D eigenvalue weighted by Gasteiger charge is 2.09. The average molecular weight is 380 g/mol. The first-order chi connectivity index (χ1) is 13.0. The Kier molecular flexibility index (Phi) is 7.36. The zero-order valence-electron chi connectivity index (χ0n) is 14.6. The van der Waals surface area contributed by atoms with Gasteiger partial charge in [0.1, 0.15) is 17.2 Å². The van der Waals surface area contributed by atoms with Crippen molar-refractivity contribution in [2.24, 2.45) is 5.16 Å². The van der Waals surface area contributed by atoms with Crippen molar-refractivity contribution in [2.75, 3.05) is 26.1 Å². The first kappa shape index (κ1) is 20.0. The maximum Gasteiger partial charge on any atom is 0.387 e. The molecule has 0 spiro atoms. The normalized spacial score (nSPS) is 10.7. The number of alkyl halides is 2. The van der Waals surface area contributed by atoms with Gasteiger partial charge in [-0.15, -0.1) is 0 Å². The Morgan fingerprint density at radius 1 is 1.11 bits per heavy atom. The molecule has 1 N–H and O–H groups in total. The Morgan fingerprint density at radius 2 is 1.81 bits per heavy atom. The van der Waals surface area contributed by atoms with Gasteiger partial charge in [0.15, 0.2) is 6.61 Å². The highest BCUT2D eigenvalue weighted by Crippen LogP contribution is 2.28. The number of hydrogen-bond donors (Lipinski definition) is 1. The molecule has 7 nitrogen and oxygen atoms in total. The van der Waals surface area contributed by atoms with Crippen LogP contribution in [0.2, 0.25) is 0 Å². The molecule has 144 valence electrons. The number of nitrogens with one attached hydrogen (secondary N) is 1. The third-order valence-electron chi connectivity index (χ3n) is 3.26. The number of carbonyl (C=O) groups is 1. The number of anilines is 1. The summed E-state index contributed by atoms with van der Waals surface area (Å²) in [7, 11) is 2.99. The van der Waals surface area contributed by atoms with E-state index < -0.39 is 12.5 Å². The van der Waals surface area contributed by atoms with Crippen molar-refractivity contribution in [3.63, 3.8) is 0 Å². The van der Waals surface area contributed by atoms with E-state index in [0.29, 0.717) is 22.7 Å². The summed E-state index contributed by atoms with van der Waals surface area (Å²) in [5.41, 5.74) is 1.02. The Bertz CT molecular complexity index is 782. The molecule has 0 saturated heterocycles. The van der Waals surface area contributed by atoms with Gasteiger partial charge in [0, 0.05) is 6.07 Å². The molecule has 1 amide bonds. The first-order valence-corrected chi connectivity index (χ1v) is 7.74. The van der Waals surface area contributed by atoms with Gasteiger partial charge in [-0.1, -0.05) is 5.16 Å². The first-order valence-electron chi connectivity index (χ1n) is 7.74. The highest BCUT2D eigenvalue weighted by atomic mass is 19.3. The van der Waals surface area contributed by atoms with Gasteiger partial charge in [-0.2, -0.15) is 8.78 Å². The average Bonchev–Trinajstić information content (AvgIpc) is 2.66. The van der Waals surface area contributed by atoms with E-state index >= 15 is 0 Å². The van der Waals surface area contributed by atoms with Crippen LogP contribution >= 0.6 is 0 Å². The van der Waals surface area contributed by atoms with Gasteiger partial charge in [-0.3, -0.25) is 4.79 Å². The van der Waals surface area contributed by atoms with Crippen LogP contribution in [0.25, 0.3) is 0 Å². The number of oxime groups is 1. The molecule has 2 rings (SSSR count). The Balaban J connectivity index is 1.84. The molecule has 0 aromatic heterocycles. The summed E-state index contributed by atoms with van der Waals surface area (Å²) in [5.74, 6) is 0.622. The zero-order chi connectivity index (χ0) is 19.6. The Hall–Kier alpha value is -3.36. The van der Waals surface area contributed by atoms with E-state index in [0.717, 1.165) is 0 Å². The van der Waals surface area contributed by atoms with Crippen LogP contribution in [0.1, 0.15) is 5.56 Å². The molecule has 0 heterocycles. The standard InChI is InChI=1S/C18H18F2N2O5/c1-24-14-7-8-16(25-2)15(9-14)22-17(23)11-26-21-10-12-3-5-13(6-4-12)27-18(19)20/h3-10,18H,11H2,1-2H3,(H,22,23)/b21-10-. The second-order valence-electron chi connectivity index (χ2n) is 5.07. The predicted molar refractivity (Wildman–Crippen MR) is 94.8 cm³/mol. The molecule has 27 heavy (non-hydrogen) atoms. The van der Waals surface area contributed by atoms with Crippen LogP contribution in [-0.4, -0.2) is 39.6 Å². The molecule has 0 radical (unpaired) electrons. The summed E-state index contributed by atoms with van der Waals surface area (Å²) in [6, 6.07) is 10.8. The molecule has 0 bridgehead atoms. The SMILES string of the molecule is COc1ccc(OC)c(NC(=O)CO/N=C\c2ccc(OC(F)F)cc2)c1. The van der Waals surface area contributed by atoms with E-state index in [1.807, 2.05) is 0 Å². The summed E-state index contributed by atoms with van der Waals surface area (Å²) in [4.78, 5) is 16.9. The molecule has 0 saturated carbocycles. The topological polar surface area (TPSA) is 78.4 Å². The molecular weight excluding hydrogens is 362 g/mol. The fourth-order valence-electron chi connectivity index (χ4n) is 2.03. The lowest BCUT2D eigenvalue weighted by Crippen LogP contribution is -2.17. The van der Waals surface area contributed by atoms with E-state index in [2.05, 4.69) is 15.2 Å². The largest absolute Gasteiger partial charge is 0.497 e. The third-order valence-corrected chi connectivity index (χ3v) is 3.26. The Morgan fingerprint density at radius 3 is 2.44 bits per heavy atom. The van der Waals surface area contributed by atoms with Gasteiger partial charge in [0.25, 0.3) is 5.91 Å². The van der Waals surface area contributed by atoms with Crippen LogP contribution in [0, 0.1) is 0 Å². The minimum Gasteiger partial charge on any atom is -0.497 e. The lowest BCUT2D eigenvalue weighted by atomic mass is 10.2. The molecular formula is C18H18F2N2O5. The number of hydrogen-bond acceptors (Lipinski definition) is 6. The molecule has 0 unspecified atom stereocenters. The van der Waals surface area contributed by atoms with E-state index in [9.17, 15) is 13.6 Å². The predicted octanol–water partition coefficient (Wildman–Crippen LogP) is 3.29. The van der Waals surface area contributed by atoms with Crippen molar-refractivity contribution in [3.8, 4) is 17.2 Å². The lowest BCUT2D eigenvalue weighted by Gasteiger charge is -2.11.